The van der Waals surface area contributed by atoms with Crippen LogP contribution in [0.5, 0.6) is 0 Å². The number of hydrogen-bond acceptors (Lipinski definition) is 5. The fraction of sp³-hybridized carbons (Fsp3) is 0.200. The number of benzene rings is 1. The zero-order chi connectivity index (χ0) is 20.5. The molecule has 3 aromatic heterocycles. The summed E-state index contributed by atoms with van der Waals surface area (Å²) in [5.41, 5.74) is 4.26. The molecule has 29 heavy (non-hydrogen) atoms. The summed E-state index contributed by atoms with van der Waals surface area (Å²) in [4.78, 5) is 23.8. The van der Waals surface area contributed by atoms with Crippen LogP contribution in [0.2, 0.25) is 0 Å². The minimum absolute atomic E-state index is 0.00848. The number of halogens is 1. The molecule has 8 nitrogen and oxygen atoms in total. The molecular weight excluding hydrogens is 373 g/mol. The van der Waals surface area contributed by atoms with E-state index < -0.39 is 11.7 Å². The van der Waals surface area contributed by atoms with Crippen molar-refractivity contribution in [1.82, 2.24) is 24.8 Å². The molecule has 0 aliphatic heterocycles. The molecule has 0 bridgehead atoms. The van der Waals surface area contributed by atoms with Crippen molar-refractivity contribution in [2.24, 2.45) is 7.05 Å². The second-order valence-corrected chi connectivity index (χ2v) is 6.63. The van der Waals surface area contributed by atoms with Crippen LogP contribution in [0.15, 0.2) is 30.6 Å². The van der Waals surface area contributed by atoms with Gasteiger partial charge in [0.15, 0.2) is 5.82 Å². The van der Waals surface area contributed by atoms with Gasteiger partial charge >= 0.3 is 0 Å². The lowest BCUT2D eigenvalue weighted by Gasteiger charge is -2.07. The maximum Gasteiger partial charge on any atom is 0.234 e. The number of hydrogen-bond donors (Lipinski definition) is 3. The minimum atomic E-state index is -0.440. The first-order chi connectivity index (χ1) is 14.0. The lowest BCUT2D eigenvalue weighted by Crippen LogP contribution is -2.22. The highest BCUT2D eigenvalue weighted by Gasteiger charge is 2.16. The van der Waals surface area contributed by atoms with Crippen molar-refractivity contribution in [2.45, 2.75) is 13.0 Å². The molecule has 146 valence electrons. The molecule has 0 radical (unpaired) electrons. The van der Waals surface area contributed by atoms with Gasteiger partial charge in [0.2, 0.25) is 5.91 Å². The molecule has 4 rings (SSSR count). The Morgan fingerprint density at radius 2 is 2.21 bits per heavy atom. The van der Waals surface area contributed by atoms with Gasteiger partial charge in [0, 0.05) is 37.3 Å². The van der Waals surface area contributed by atoms with E-state index in [9.17, 15) is 9.18 Å². The van der Waals surface area contributed by atoms with E-state index in [2.05, 4.69) is 25.6 Å². The number of imidazole rings is 1. The fourth-order valence-electron chi connectivity index (χ4n) is 3.33. The van der Waals surface area contributed by atoms with Crippen LogP contribution in [0.4, 0.5) is 10.2 Å². The molecule has 0 aliphatic carbocycles. The molecule has 0 atom stereocenters. The molecule has 9 heteroatoms. The number of aromatic amines is 1. The number of fused-ring (bicyclic) bond motifs is 3. The zero-order valence-corrected chi connectivity index (χ0v) is 15.9. The molecule has 1 aromatic carbocycles. The number of nitrogens with one attached hydrogen (secondary N) is 3. The summed E-state index contributed by atoms with van der Waals surface area (Å²) in [7, 11) is 3.71. The highest BCUT2D eigenvalue weighted by molar-refractivity contribution is 6.07. The number of pyridine rings is 1. The Morgan fingerprint density at radius 1 is 1.38 bits per heavy atom. The SMILES string of the molecule is CNc1nc2[nH]c(-c3ccc(F)c(CNC(=O)CC#N)c3)cc2c2c1ncn2C. The molecule has 0 spiro atoms. The number of H-pyrrole nitrogens is 1. The molecule has 0 saturated heterocycles. The predicted octanol–water partition coefficient (Wildman–Crippen LogP) is 2.83. The first-order valence-electron chi connectivity index (χ1n) is 8.95. The number of amides is 1. The second kappa shape index (κ2) is 7.24. The van der Waals surface area contributed by atoms with E-state index in [1.807, 2.05) is 17.7 Å². The van der Waals surface area contributed by atoms with Gasteiger partial charge in [-0.15, -0.1) is 0 Å². The van der Waals surface area contributed by atoms with Gasteiger partial charge in [-0.2, -0.15) is 5.26 Å². The molecule has 3 heterocycles. The van der Waals surface area contributed by atoms with E-state index in [-0.39, 0.29) is 13.0 Å². The maximum atomic E-state index is 14.2. The third-order valence-corrected chi connectivity index (χ3v) is 4.75. The summed E-state index contributed by atoms with van der Waals surface area (Å²) >= 11 is 0. The van der Waals surface area contributed by atoms with E-state index in [1.54, 1.807) is 31.6 Å². The highest BCUT2D eigenvalue weighted by atomic mass is 19.1. The van der Waals surface area contributed by atoms with Crippen LogP contribution >= 0.6 is 0 Å². The van der Waals surface area contributed by atoms with Crippen LogP contribution in [0.25, 0.3) is 33.3 Å². The van der Waals surface area contributed by atoms with Crippen molar-refractivity contribution in [1.29, 1.82) is 5.26 Å². The van der Waals surface area contributed by atoms with Crippen molar-refractivity contribution in [2.75, 3.05) is 12.4 Å². The van der Waals surface area contributed by atoms with Crippen LogP contribution in [-0.2, 0) is 18.4 Å². The van der Waals surface area contributed by atoms with Gasteiger partial charge in [-0.1, -0.05) is 0 Å². The van der Waals surface area contributed by atoms with Gasteiger partial charge in [0.1, 0.15) is 23.4 Å². The topological polar surface area (TPSA) is 111 Å². The number of carbonyl (C=O) groups excluding carboxylic acids is 1. The third kappa shape index (κ3) is 3.25. The largest absolute Gasteiger partial charge is 0.371 e. The quantitative estimate of drug-likeness (QED) is 0.484. The van der Waals surface area contributed by atoms with Crippen molar-refractivity contribution < 1.29 is 9.18 Å². The first kappa shape index (κ1) is 18.4. The monoisotopic (exact) mass is 391 g/mol. The van der Waals surface area contributed by atoms with Crippen molar-refractivity contribution in [3.63, 3.8) is 0 Å². The molecule has 0 unspecified atom stereocenters. The highest BCUT2D eigenvalue weighted by Crippen LogP contribution is 2.32. The number of aromatic nitrogens is 4. The summed E-state index contributed by atoms with van der Waals surface area (Å²) in [5, 5.41) is 15.1. The van der Waals surface area contributed by atoms with E-state index >= 15 is 0 Å². The summed E-state index contributed by atoms with van der Waals surface area (Å²) in [5.74, 6) is -0.196. The standard InChI is InChI=1S/C20H18FN7O/c1-23-20-17-18(28(2)10-25-17)13-8-15(26-19(13)27-20)11-3-4-14(21)12(7-11)9-24-16(29)5-6-22/h3-4,7-8,10H,5,9H2,1-2H3,(H,24,29)(H2,23,26,27). The maximum absolute atomic E-state index is 14.2. The minimum Gasteiger partial charge on any atom is -0.371 e. The molecule has 4 aromatic rings. The molecular formula is C20H18FN7O. The van der Waals surface area contributed by atoms with Gasteiger partial charge in [0.25, 0.3) is 0 Å². The Labute approximate surface area is 165 Å². The van der Waals surface area contributed by atoms with Crippen LogP contribution in [0.3, 0.4) is 0 Å². The van der Waals surface area contributed by atoms with Gasteiger partial charge in [-0.25, -0.2) is 14.4 Å². The summed E-state index contributed by atoms with van der Waals surface area (Å²) in [6.07, 6.45) is 1.47. The summed E-state index contributed by atoms with van der Waals surface area (Å²) < 4.78 is 16.1. The first-order valence-corrected chi connectivity index (χ1v) is 8.95. The van der Waals surface area contributed by atoms with Crippen molar-refractivity contribution >= 4 is 33.8 Å². The summed E-state index contributed by atoms with van der Waals surface area (Å²) in [6.45, 7) is 0.00848. The summed E-state index contributed by atoms with van der Waals surface area (Å²) in [6, 6.07) is 8.42. The normalized spacial score (nSPS) is 11.0. The average molecular weight is 391 g/mol. The predicted molar refractivity (Wildman–Crippen MR) is 107 cm³/mol. The van der Waals surface area contributed by atoms with Gasteiger partial charge in [0.05, 0.1) is 17.9 Å². The Bertz CT molecular complexity index is 1280. The smallest absolute Gasteiger partial charge is 0.234 e. The number of anilines is 1. The van der Waals surface area contributed by atoms with E-state index in [0.717, 1.165) is 27.7 Å². The Balaban J connectivity index is 1.76. The van der Waals surface area contributed by atoms with Gasteiger partial charge < -0.3 is 20.2 Å². The number of nitrogens with zero attached hydrogens (tertiary/aromatic N) is 4. The lowest BCUT2D eigenvalue weighted by atomic mass is 10.1. The van der Waals surface area contributed by atoms with E-state index in [1.165, 1.54) is 6.07 Å². The Hall–Kier alpha value is -3.93. The Kier molecular flexibility index (Phi) is 4.60. The molecule has 3 N–H and O–H groups in total. The number of rotatable bonds is 5. The number of nitriles is 1. The molecule has 0 aliphatic rings. The zero-order valence-electron chi connectivity index (χ0n) is 15.9. The number of aryl methyl sites for hydroxylation is 1. The third-order valence-electron chi connectivity index (χ3n) is 4.75. The van der Waals surface area contributed by atoms with Crippen LogP contribution < -0.4 is 10.6 Å². The van der Waals surface area contributed by atoms with E-state index in [0.29, 0.717) is 17.0 Å². The van der Waals surface area contributed by atoms with Crippen LogP contribution in [-0.4, -0.2) is 32.5 Å². The number of carbonyl (C=O) groups is 1. The van der Waals surface area contributed by atoms with Gasteiger partial charge in [-0.3, -0.25) is 4.79 Å². The fourth-order valence-corrected chi connectivity index (χ4v) is 3.33. The molecule has 0 saturated carbocycles. The average Bonchev–Trinajstić information content (AvgIpc) is 3.30. The second-order valence-electron chi connectivity index (χ2n) is 6.63. The molecule has 1 amide bonds. The molecule has 0 fully saturated rings. The van der Waals surface area contributed by atoms with Crippen LogP contribution in [0.1, 0.15) is 12.0 Å². The van der Waals surface area contributed by atoms with Crippen molar-refractivity contribution in [3.05, 3.63) is 42.0 Å². The van der Waals surface area contributed by atoms with E-state index in [4.69, 9.17) is 5.26 Å². The van der Waals surface area contributed by atoms with Gasteiger partial charge in [-0.05, 0) is 29.8 Å². The lowest BCUT2D eigenvalue weighted by molar-refractivity contribution is -0.120. The van der Waals surface area contributed by atoms with Crippen molar-refractivity contribution in [3.8, 4) is 17.3 Å². The van der Waals surface area contributed by atoms with Crippen LogP contribution in [0, 0.1) is 17.1 Å². The Morgan fingerprint density at radius 3 is 2.97 bits per heavy atom.